The second kappa shape index (κ2) is 4.76. The molecule has 0 aromatic heterocycles. The minimum atomic E-state index is -3.64. The fraction of sp³-hybridized carbons (Fsp3) is 0.417. The van der Waals surface area contributed by atoms with E-state index < -0.39 is 37.1 Å². The van der Waals surface area contributed by atoms with Gasteiger partial charge in [-0.3, -0.25) is 15.5 Å². The van der Waals surface area contributed by atoms with Crippen LogP contribution in [0.5, 0.6) is 0 Å². The Morgan fingerprint density at radius 3 is 2.67 bits per heavy atom. The Balaban J connectivity index is 2.57. The lowest BCUT2D eigenvalue weighted by atomic mass is 9.92. The van der Waals surface area contributed by atoms with Crippen LogP contribution in [0.4, 0.5) is 10.1 Å². The lowest BCUT2D eigenvalue weighted by molar-refractivity contribution is -0.385. The first-order chi connectivity index (χ1) is 9.57. The SMILES string of the molecule is C[C@@H]1C(=N)N[C@](C)(c2cc([N+](=O)[O-])ccc2F)CS1(=O)=O. The molecule has 7 nitrogen and oxygen atoms in total. The van der Waals surface area contributed by atoms with E-state index >= 15 is 0 Å². The zero-order valence-corrected chi connectivity index (χ0v) is 12.2. The summed E-state index contributed by atoms with van der Waals surface area (Å²) in [5, 5.41) is 20.2. The van der Waals surface area contributed by atoms with Crippen LogP contribution in [-0.4, -0.2) is 30.2 Å². The van der Waals surface area contributed by atoms with Crippen molar-refractivity contribution >= 4 is 21.4 Å². The van der Waals surface area contributed by atoms with Gasteiger partial charge in [-0.25, -0.2) is 12.8 Å². The Hall–Kier alpha value is -2.03. The molecule has 1 aromatic rings. The minimum Gasteiger partial charge on any atom is -0.363 e. The Bertz CT molecular complexity index is 734. The van der Waals surface area contributed by atoms with E-state index in [0.717, 1.165) is 18.2 Å². The van der Waals surface area contributed by atoms with Crippen molar-refractivity contribution in [2.75, 3.05) is 5.75 Å². The minimum absolute atomic E-state index is 0.142. The number of rotatable bonds is 2. The maximum atomic E-state index is 14.0. The normalized spacial score (nSPS) is 28.0. The van der Waals surface area contributed by atoms with Crippen LogP contribution >= 0.6 is 0 Å². The summed E-state index contributed by atoms with van der Waals surface area (Å²) in [7, 11) is -3.64. The van der Waals surface area contributed by atoms with Gasteiger partial charge in [0.2, 0.25) is 0 Å². The number of nitrogens with zero attached hydrogens (tertiary/aromatic N) is 1. The molecule has 0 spiro atoms. The number of non-ortho nitro benzene ring substituents is 1. The fourth-order valence-electron chi connectivity index (χ4n) is 2.34. The van der Waals surface area contributed by atoms with Gasteiger partial charge in [-0.15, -0.1) is 0 Å². The van der Waals surface area contributed by atoms with Crippen LogP contribution in [-0.2, 0) is 15.4 Å². The van der Waals surface area contributed by atoms with Crippen molar-refractivity contribution in [3.05, 3.63) is 39.7 Å². The van der Waals surface area contributed by atoms with Crippen LogP contribution in [0.25, 0.3) is 0 Å². The molecule has 2 N–H and O–H groups in total. The third-order valence-corrected chi connectivity index (χ3v) is 5.89. The fourth-order valence-corrected chi connectivity index (χ4v) is 4.04. The highest BCUT2D eigenvalue weighted by atomic mass is 32.2. The van der Waals surface area contributed by atoms with E-state index in [1.807, 2.05) is 0 Å². The highest BCUT2D eigenvalue weighted by Crippen LogP contribution is 2.32. The second-order valence-corrected chi connectivity index (χ2v) is 7.56. The van der Waals surface area contributed by atoms with Gasteiger partial charge >= 0.3 is 0 Å². The smallest absolute Gasteiger partial charge is 0.269 e. The van der Waals surface area contributed by atoms with Gasteiger partial charge in [-0.05, 0) is 19.9 Å². The lowest BCUT2D eigenvalue weighted by Crippen LogP contribution is -2.59. The van der Waals surface area contributed by atoms with E-state index in [1.165, 1.54) is 13.8 Å². The number of nitro groups is 1. The van der Waals surface area contributed by atoms with Gasteiger partial charge in [0.1, 0.15) is 16.9 Å². The summed E-state index contributed by atoms with van der Waals surface area (Å²) in [4.78, 5) is 10.1. The molecule has 0 unspecified atom stereocenters. The summed E-state index contributed by atoms with van der Waals surface area (Å²) in [5.41, 5.74) is -1.90. The van der Waals surface area contributed by atoms with E-state index in [9.17, 15) is 22.9 Å². The zero-order valence-electron chi connectivity index (χ0n) is 11.4. The first kappa shape index (κ1) is 15.4. The van der Waals surface area contributed by atoms with Gasteiger partial charge in [0.15, 0.2) is 9.84 Å². The van der Waals surface area contributed by atoms with E-state index in [0.29, 0.717) is 0 Å². The van der Waals surface area contributed by atoms with Crippen LogP contribution in [0, 0.1) is 21.3 Å². The Morgan fingerprint density at radius 2 is 2.14 bits per heavy atom. The number of halogens is 1. The third kappa shape index (κ3) is 2.60. The number of nitrogens with one attached hydrogen (secondary N) is 2. The Labute approximate surface area is 120 Å². The first-order valence-electron chi connectivity index (χ1n) is 6.09. The number of amidine groups is 1. The Kier molecular flexibility index (Phi) is 3.48. The van der Waals surface area contributed by atoms with Gasteiger partial charge in [0.05, 0.1) is 16.2 Å². The summed E-state index contributed by atoms with van der Waals surface area (Å²) >= 11 is 0. The molecule has 1 aromatic carbocycles. The van der Waals surface area contributed by atoms with E-state index in [-0.39, 0.29) is 17.1 Å². The maximum absolute atomic E-state index is 14.0. The summed E-state index contributed by atoms with van der Waals surface area (Å²) in [6, 6.07) is 2.93. The largest absolute Gasteiger partial charge is 0.363 e. The monoisotopic (exact) mass is 315 g/mol. The van der Waals surface area contributed by atoms with Crippen molar-refractivity contribution in [1.29, 1.82) is 5.41 Å². The maximum Gasteiger partial charge on any atom is 0.269 e. The standard InChI is InChI=1S/C12H14FN3O4S/c1-7-11(14)15-12(2,6-21(7,19)20)9-5-8(16(17)18)3-4-10(9)13/h3-5,7H,6H2,1-2H3,(H2,14,15)/t7-,12+/m1/s1. The van der Waals surface area contributed by atoms with Gasteiger partial charge in [-0.1, -0.05) is 0 Å². The molecule has 114 valence electrons. The quantitative estimate of drug-likeness (QED) is 0.631. The molecular weight excluding hydrogens is 301 g/mol. The molecule has 1 saturated heterocycles. The molecule has 21 heavy (non-hydrogen) atoms. The van der Waals surface area contributed by atoms with Crippen LogP contribution in [0.1, 0.15) is 19.4 Å². The van der Waals surface area contributed by atoms with Gasteiger partial charge in [-0.2, -0.15) is 0 Å². The summed E-state index contributed by atoms with van der Waals surface area (Å²) < 4.78 is 38.2. The number of sulfone groups is 1. The molecule has 1 aliphatic heterocycles. The van der Waals surface area contributed by atoms with Crippen LogP contribution in [0.2, 0.25) is 0 Å². The topological polar surface area (TPSA) is 113 Å². The zero-order chi connectivity index (χ0) is 16.0. The molecule has 2 atom stereocenters. The molecule has 1 fully saturated rings. The number of hydrogen-bond acceptors (Lipinski definition) is 5. The van der Waals surface area contributed by atoms with Crippen molar-refractivity contribution in [3.63, 3.8) is 0 Å². The highest BCUT2D eigenvalue weighted by Gasteiger charge is 2.44. The summed E-state index contributed by atoms with van der Waals surface area (Å²) in [6.07, 6.45) is 0. The molecule has 0 bridgehead atoms. The van der Waals surface area contributed by atoms with Crippen LogP contribution in [0.3, 0.4) is 0 Å². The molecule has 0 saturated carbocycles. The highest BCUT2D eigenvalue weighted by molar-refractivity contribution is 7.92. The second-order valence-electron chi connectivity index (χ2n) is 5.24. The van der Waals surface area contributed by atoms with Crippen molar-refractivity contribution in [2.24, 2.45) is 0 Å². The average Bonchev–Trinajstić information content (AvgIpc) is 2.35. The molecule has 0 radical (unpaired) electrons. The van der Waals surface area contributed by atoms with Gasteiger partial charge < -0.3 is 5.32 Å². The lowest BCUT2D eigenvalue weighted by Gasteiger charge is -2.38. The van der Waals surface area contributed by atoms with E-state index in [1.54, 1.807) is 0 Å². The van der Waals surface area contributed by atoms with E-state index in [2.05, 4.69) is 5.32 Å². The molecule has 0 amide bonds. The third-order valence-electron chi connectivity index (χ3n) is 3.60. The molecule has 1 aliphatic rings. The number of benzene rings is 1. The van der Waals surface area contributed by atoms with Crippen molar-refractivity contribution < 1.29 is 17.7 Å². The molecule has 9 heteroatoms. The summed E-state index contributed by atoms with van der Waals surface area (Å²) in [6.45, 7) is 2.78. The van der Waals surface area contributed by atoms with Crippen molar-refractivity contribution in [1.82, 2.24) is 5.32 Å². The van der Waals surface area contributed by atoms with E-state index in [4.69, 9.17) is 5.41 Å². The van der Waals surface area contributed by atoms with Gasteiger partial charge in [0.25, 0.3) is 5.69 Å². The van der Waals surface area contributed by atoms with Crippen molar-refractivity contribution in [2.45, 2.75) is 24.6 Å². The first-order valence-corrected chi connectivity index (χ1v) is 7.81. The molecule has 0 aliphatic carbocycles. The molecule has 1 heterocycles. The van der Waals surface area contributed by atoms with Crippen molar-refractivity contribution in [3.8, 4) is 0 Å². The summed E-state index contributed by atoms with van der Waals surface area (Å²) in [5.74, 6) is -1.45. The predicted molar refractivity (Wildman–Crippen MR) is 74.5 cm³/mol. The van der Waals surface area contributed by atoms with Crippen LogP contribution in [0.15, 0.2) is 18.2 Å². The van der Waals surface area contributed by atoms with Gasteiger partial charge in [0, 0.05) is 17.7 Å². The number of nitro benzene ring substituents is 1. The predicted octanol–water partition coefficient (Wildman–Crippen LogP) is 1.33. The van der Waals surface area contributed by atoms with Crippen LogP contribution < -0.4 is 5.32 Å². The average molecular weight is 315 g/mol. The Morgan fingerprint density at radius 1 is 1.52 bits per heavy atom. The molecular formula is C12H14FN3O4S. The molecule has 2 rings (SSSR count). The number of hydrogen-bond donors (Lipinski definition) is 2.